The second-order valence-corrected chi connectivity index (χ2v) is 7.69. The fourth-order valence-corrected chi connectivity index (χ4v) is 4.18. The number of allylic oxidation sites excluding steroid dienone is 3. The molecule has 0 saturated heterocycles. The number of carbonyl (C=O) groups is 1. The molecule has 1 aliphatic heterocycles. The number of carbonyl (C=O) groups excluding carboxylic acids is 1. The minimum atomic E-state index is -3.36. The second kappa shape index (κ2) is 6.98. The Labute approximate surface area is 150 Å². The van der Waals surface area contributed by atoms with Gasteiger partial charge < -0.3 is 10.1 Å². The van der Waals surface area contributed by atoms with Crippen LogP contribution in [0.4, 0.5) is 0 Å². The third-order valence-electron chi connectivity index (χ3n) is 3.99. The van der Waals surface area contributed by atoms with E-state index in [0.717, 1.165) is 0 Å². The molecule has 0 radical (unpaired) electrons. The van der Waals surface area contributed by atoms with Crippen LogP contribution in [-0.2, 0) is 14.6 Å². The van der Waals surface area contributed by atoms with Gasteiger partial charge in [-0.3, -0.25) is 4.79 Å². The van der Waals surface area contributed by atoms with Gasteiger partial charge in [0, 0.05) is 29.3 Å². The highest BCUT2D eigenvalue weighted by molar-refractivity contribution is 7.95. The number of amides is 1. The van der Waals surface area contributed by atoms with Gasteiger partial charge in [-0.2, -0.15) is 5.26 Å². The summed E-state index contributed by atoms with van der Waals surface area (Å²) in [5.41, 5.74) is 0.784. The molecule has 7 nitrogen and oxygen atoms in total. The van der Waals surface area contributed by atoms with Gasteiger partial charge in [0.05, 0.1) is 12.4 Å². The third kappa shape index (κ3) is 3.58. The molecule has 2 aliphatic rings. The number of aromatic nitrogens is 1. The summed E-state index contributed by atoms with van der Waals surface area (Å²) in [6, 6.07) is 5.12. The van der Waals surface area contributed by atoms with Crippen LogP contribution in [0.15, 0.2) is 59.3 Å². The second-order valence-electron chi connectivity index (χ2n) is 5.70. The van der Waals surface area contributed by atoms with E-state index in [4.69, 9.17) is 4.74 Å². The average Bonchev–Trinajstić information content (AvgIpc) is 2.94. The number of nitrogens with zero attached hydrogens (tertiary/aromatic N) is 2. The van der Waals surface area contributed by atoms with E-state index in [0.29, 0.717) is 17.1 Å². The van der Waals surface area contributed by atoms with Crippen LogP contribution in [0.1, 0.15) is 5.56 Å². The zero-order valence-electron chi connectivity index (χ0n) is 13.8. The van der Waals surface area contributed by atoms with E-state index in [1.54, 1.807) is 30.4 Å². The van der Waals surface area contributed by atoms with E-state index < -0.39 is 21.0 Å². The van der Waals surface area contributed by atoms with Crippen LogP contribution in [0.2, 0.25) is 0 Å². The SMILES string of the molecule is COc1ccc(/C=C(\C#N)C(=O)NC2=CC3C(C=C2)C=CS3(=O)=O)cn1. The topological polar surface area (TPSA) is 109 Å². The van der Waals surface area contributed by atoms with Crippen LogP contribution in [0.5, 0.6) is 5.88 Å². The minimum Gasteiger partial charge on any atom is -0.481 e. The first-order valence-corrected chi connectivity index (χ1v) is 9.29. The van der Waals surface area contributed by atoms with Crippen LogP contribution in [0.25, 0.3) is 6.08 Å². The molecular weight excluding hydrogens is 354 g/mol. The van der Waals surface area contributed by atoms with Gasteiger partial charge >= 0.3 is 0 Å². The fraction of sp³-hybridized carbons (Fsp3) is 0.167. The zero-order chi connectivity index (χ0) is 18.7. The van der Waals surface area contributed by atoms with Gasteiger partial charge in [0.15, 0.2) is 9.84 Å². The van der Waals surface area contributed by atoms with Gasteiger partial charge in [-0.15, -0.1) is 0 Å². The summed E-state index contributed by atoms with van der Waals surface area (Å²) in [7, 11) is -1.87. The normalized spacial score (nSPS) is 22.9. The summed E-state index contributed by atoms with van der Waals surface area (Å²) in [5.74, 6) is -0.429. The van der Waals surface area contributed by atoms with Crippen molar-refractivity contribution in [2.75, 3.05) is 7.11 Å². The van der Waals surface area contributed by atoms with Crippen LogP contribution in [0.3, 0.4) is 0 Å². The predicted octanol–water partition coefficient (Wildman–Crippen LogP) is 1.49. The average molecular weight is 369 g/mol. The number of nitriles is 1. The number of fused-ring (bicyclic) bond motifs is 1. The summed E-state index contributed by atoms with van der Waals surface area (Å²) in [6.45, 7) is 0. The highest BCUT2D eigenvalue weighted by atomic mass is 32.2. The van der Waals surface area contributed by atoms with E-state index >= 15 is 0 Å². The molecule has 132 valence electrons. The van der Waals surface area contributed by atoms with Crippen LogP contribution < -0.4 is 10.1 Å². The smallest absolute Gasteiger partial charge is 0.266 e. The number of ether oxygens (including phenoxy) is 1. The lowest BCUT2D eigenvalue weighted by Gasteiger charge is -2.18. The van der Waals surface area contributed by atoms with Crippen molar-refractivity contribution in [3.05, 3.63) is 64.9 Å². The molecule has 0 spiro atoms. The Morgan fingerprint density at radius 1 is 1.38 bits per heavy atom. The fourth-order valence-electron chi connectivity index (χ4n) is 2.64. The number of hydrogen-bond donors (Lipinski definition) is 1. The number of nitrogens with one attached hydrogen (secondary N) is 1. The summed E-state index contributed by atoms with van der Waals surface area (Å²) in [6.07, 6.45) is 9.32. The predicted molar refractivity (Wildman–Crippen MR) is 95.1 cm³/mol. The number of hydrogen-bond acceptors (Lipinski definition) is 6. The Morgan fingerprint density at radius 3 is 2.85 bits per heavy atom. The van der Waals surface area contributed by atoms with Crippen molar-refractivity contribution in [1.82, 2.24) is 10.3 Å². The van der Waals surface area contributed by atoms with Crippen LogP contribution >= 0.6 is 0 Å². The van der Waals surface area contributed by atoms with Gasteiger partial charge in [-0.05, 0) is 29.9 Å². The highest BCUT2D eigenvalue weighted by Gasteiger charge is 2.34. The Kier molecular flexibility index (Phi) is 4.73. The first-order valence-electron chi connectivity index (χ1n) is 7.68. The van der Waals surface area contributed by atoms with Gasteiger partial charge in [0.2, 0.25) is 5.88 Å². The molecular formula is C18H15N3O4S. The molecule has 1 aliphatic carbocycles. The van der Waals surface area contributed by atoms with Crippen molar-refractivity contribution in [2.45, 2.75) is 5.25 Å². The third-order valence-corrected chi connectivity index (χ3v) is 5.74. The molecule has 2 heterocycles. The van der Waals surface area contributed by atoms with Crippen molar-refractivity contribution < 1.29 is 17.9 Å². The van der Waals surface area contributed by atoms with E-state index in [9.17, 15) is 18.5 Å². The molecule has 0 aromatic carbocycles. The quantitative estimate of drug-likeness (QED) is 0.636. The number of rotatable bonds is 4. The number of pyridine rings is 1. The summed E-state index contributed by atoms with van der Waals surface area (Å²) in [5, 5.41) is 12.3. The molecule has 26 heavy (non-hydrogen) atoms. The van der Waals surface area contributed by atoms with Gasteiger partial charge in [-0.1, -0.05) is 12.2 Å². The number of methoxy groups -OCH3 is 1. The molecule has 0 saturated carbocycles. The van der Waals surface area contributed by atoms with Crippen molar-refractivity contribution in [1.29, 1.82) is 5.26 Å². The van der Waals surface area contributed by atoms with Crippen LogP contribution in [0, 0.1) is 17.2 Å². The monoisotopic (exact) mass is 369 g/mol. The Morgan fingerprint density at radius 2 is 2.19 bits per heavy atom. The summed E-state index contributed by atoms with van der Waals surface area (Å²) in [4.78, 5) is 16.3. The van der Waals surface area contributed by atoms with E-state index in [1.165, 1.54) is 30.9 Å². The maximum absolute atomic E-state index is 12.3. The highest BCUT2D eigenvalue weighted by Crippen LogP contribution is 2.30. The maximum atomic E-state index is 12.3. The Hall–Kier alpha value is -3.18. The largest absolute Gasteiger partial charge is 0.481 e. The number of sulfone groups is 1. The maximum Gasteiger partial charge on any atom is 0.266 e. The molecule has 0 bridgehead atoms. The molecule has 2 atom stereocenters. The first-order chi connectivity index (χ1) is 12.4. The van der Waals surface area contributed by atoms with E-state index in [2.05, 4.69) is 10.3 Å². The van der Waals surface area contributed by atoms with Crippen molar-refractivity contribution in [2.24, 2.45) is 5.92 Å². The van der Waals surface area contributed by atoms with E-state index in [1.807, 2.05) is 6.07 Å². The van der Waals surface area contributed by atoms with Crippen molar-refractivity contribution in [3.63, 3.8) is 0 Å². The summed E-state index contributed by atoms with van der Waals surface area (Å²) < 4.78 is 28.9. The van der Waals surface area contributed by atoms with Crippen LogP contribution in [-0.4, -0.2) is 31.7 Å². The molecule has 1 aromatic heterocycles. The molecule has 1 N–H and O–H groups in total. The molecule has 3 rings (SSSR count). The standard InChI is InChI=1S/C18H15N3O4S/c1-25-17-5-2-12(11-20-17)8-14(10-19)18(22)21-15-4-3-13-6-7-26(23,24)16(13)9-15/h2-9,11,13,16H,1H3,(H,21,22)/b14-8+. The zero-order valence-corrected chi connectivity index (χ0v) is 14.6. The van der Waals surface area contributed by atoms with Gasteiger partial charge in [0.1, 0.15) is 11.6 Å². The minimum absolute atomic E-state index is 0.124. The first kappa shape index (κ1) is 17.6. The molecule has 1 amide bonds. The van der Waals surface area contributed by atoms with Gasteiger partial charge in [0.25, 0.3) is 5.91 Å². The molecule has 2 unspecified atom stereocenters. The molecule has 0 fully saturated rings. The van der Waals surface area contributed by atoms with Crippen molar-refractivity contribution >= 4 is 21.8 Å². The molecule has 8 heteroatoms. The lowest BCUT2D eigenvalue weighted by molar-refractivity contribution is -0.116. The van der Waals surface area contributed by atoms with Crippen molar-refractivity contribution in [3.8, 4) is 11.9 Å². The Balaban J connectivity index is 1.77. The molecule has 1 aromatic rings. The lowest BCUT2D eigenvalue weighted by Crippen LogP contribution is -2.29. The van der Waals surface area contributed by atoms with Gasteiger partial charge in [-0.25, -0.2) is 13.4 Å². The summed E-state index contributed by atoms with van der Waals surface area (Å²) >= 11 is 0. The van der Waals surface area contributed by atoms with E-state index in [-0.39, 0.29) is 11.5 Å². The lowest BCUT2D eigenvalue weighted by atomic mass is 9.99. The Bertz CT molecular complexity index is 996.